The summed E-state index contributed by atoms with van der Waals surface area (Å²) in [5.41, 5.74) is 1.23. The van der Waals surface area contributed by atoms with Gasteiger partial charge in [-0.25, -0.2) is 0 Å². The van der Waals surface area contributed by atoms with E-state index in [9.17, 15) is 9.90 Å². The number of carbonyl (C=O) groups excluding carboxylic acids is 1. The molecule has 0 radical (unpaired) electrons. The number of nitrogens with zero attached hydrogens (tertiary/aromatic N) is 3. The average molecular weight is 278 g/mol. The highest BCUT2D eigenvalue weighted by molar-refractivity contribution is 5.45. The number of piperazine rings is 1. The van der Waals surface area contributed by atoms with E-state index in [0.717, 1.165) is 32.7 Å². The second-order valence-corrected chi connectivity index (χ2v) is 5.12. The third-order valence-electron chi connectivity index (χ3n) is 3.50. The van der Waals surface area contributed by atoms with E-state index >= 15 is 0 Å². The fraction of sp³-hybridized carbons (Fsp3) is 0.571. The van der Waals surface area contributed by atoms with Crippen molar-refractivity contribution in [3.05, 3.63) is 30.1 Å². The van der Waals surface area contributed by atoms with Crippen molar-refractivity contribution in [2.75, 3.05) is 39.3 Å². The molecule has 2 rings (SSSR count). The molecular formula is C14H22N4O2. The molecule has 0 saturated carbocycles. The molecule has 1 aliphatic heterocycles. The summed E-state index contributed by atoms with van der Waals surface area (Å²) in [5, 5.41) is 12.3. The first-order valence-electron chi connectivity index (χ1n) is 6.96. The molecule has 2 heterocycles. The number of aliphatic hydroxyl groups excluding tert-OH is 1. The molecule has 2 N–H and O–H groups in total. The van der Waals surface area contributed by atoms with Gasteiger partial charge in [0.2, 0.25) is 6.41 Å². The van der Waals surface area contributed by atoms with Crippen LogP contribution in [0.5, 0.6) is 0 Å². The van der Waals surface area contributed by atoms with Crippen molar-refractivity contribution in [2.24, 2.45) is 0 Å². The van der Waals surface area contributed by atoms with Gasteiger partial charge in [0.1, 0.15) is 0 Å². The largest absolute Gasteiger partial charge is 0.390 e. The van der Waals surface area contributed by atoms with Gasteiger partial charge in [-0.05, 0) is 11.6 Å². The van der Waals surface area contributed by atoms with Gasteiger partial charge >= 0.3 is 0 Å². The lowest BCUT2D eigenvalue weighted by atomic mass is 10.2. The molecule has 1 atom stereocenters. The molecule has 110 valence electrons. The van der Waals surface area contributed by atoms with E-state index in [1.807, 2.05) is 12.3 Å². The molecule has 1 aromatic heterocycles. The maximum Gasteiger partial charge on any atom is 0.207 e. The molecule has 1 saturated heterocycles. The Kier molecular flexibility index (Phi) is 5.91. The summed E-state index contributed by atoms with van der Waals surface area (Å²) in [5.74, 6) is 0. The topological polar surface area (TPSA) is 68.7 Å². The summed E-state index contributed by atoms with van der Waals surface area (Å²) < 4.78 is 0. The number of carbonyl (C=O) groups is 1. The van der Waals surface area contributed by atoms with Crippen molar-refractivity contribution >= 4 is 6.41 Å². The van der Waals surface area contributed by atoms with E-state index in [-0.39, 0.29) is 0 Å². The van der Waals surface area contributed by atoms with Crippen LogP contribution in [0.25, 0.3) is 0 Å². The van der Waals surface area contributed by atoms with Gasteiger partial charge in [-0.1, -0.05) is 6.07 Å². The Labute approximate surface area is 119 Å². The molecule has 1 aliphatic rings. The van der Waals surface area contributed by atoms with Crippen LogP contribution >= 0.6 is 0 Å². The Morgan fingerprint density at radius 2 is 2.10 bits per heavy atom. The molecule has 0 aromatic carbocycles. The molecule has 0 spiro atoms. The fourth-order valence-electron chi connectivity index (χ4n) is 2.43. The summed E-state index contributed by atoms with van der Waals surface area (Å²) >= 11 is 0. The molecule has 6 nitrogen and oxygen atoms in total. The van der Waals surface area contributed by atoms with Gasteiger partial charge in [-0.2, -0.15) is 0 Å². The number of aromatic nitrogens is 1. The Morgan fingerprint density at radius 1 is 1.35 bits per heavy atom. The standard InChI is InChI=1S/C14H22N4O2/c19-12-16-9-14(20)11-18-6-4-17(5-7-18)10-13-2-1-3-15-8-13/h1-3,8,12,14,20H,4-7,9-11H2,(H,16,19). The highest BCUT2D eigenvalue weighted by Gasteiger charge is 2.19. The first-order valence-corrected chi connectivity index (χ1v) is 6.96. The van der Waals surface area contributed by atoms with Crippen LogP contribution in [0, 0.1) is 0 Å². The first kappa shape index (κ1) is 14.9. The van der Waals surface area contributed by atoms with Crippen LogP contribution in [0.15, 0.2) is 24.5 Å². The van der Waals surface area contributed by atoms with Crippen molar-refractivity contribution in [1.82, 2.24) is 20.1 Å². The normalized spacial score (nSPS) is 18.6. The van der Waals surface area contributed by atoms with Crippen LogP contribution in [0.4, 0.5) is 0 Å². The van der Waals surface area contributed by atoms with Gasteiger partial charge in [0.25, 0.3) is 0 Å². The minimum atomic E-state index is -0.495. The van der Waals surface area contributed by atoms with Gasteiger partial charge in [0.05, 0.1) is 6.10 Å². The number of β-amino-alcohol motifs (C(OH)–C–C–N with tert-alkyl or cyclic N) is 1. The highest BCUT2D eigenvalue weighted by atomic mass is 16.3. The lowest BCUT2D eigenvalue weighted by Gasteiger charge is -2.35. The van der Waals surface area contributed by atoms with Crippen molar-refractivity contribution < 1.29 is 9.90 Å². The number of hydrogen-bond acceptors (Lipinski definition) is 5. The number of nitrogens with one attached hydrogen (secondary N) is 1. The fourth-order valence-corrected chi connectivity index (χ4v) is 2.43. The summed E-state index contributed by atoms with van der Waals surface area (Å²) in [7, 11) is 0. The number of pyridine rings is 1. The minimum Gasteiger partial charge on any atom is -0.390 e. The molecular weight excluding hydrogens is 256 g/mol. The zero-order valence-electron chi connectivity index (χ0n) is 11.6. The molecule has 0 bridgehead atoms. The van der Waals surface area contributed by atoms with Gasteiger partial charge in [0.15, 0.2) is 0 Å². The molecule has 1 aromatic rings. The van der Waals surface area contributed by atoms with E-state index in [1.165, 1.54) is 5.56 Å². The summed E-state index contributed by atoms with van der Waals surface area (Å²) in [6.07, 6.45) is 3.82. The third-order valence-corrected chi connectivity index (χ3v) is 3.50. The molecule has 1 unspecified atom stereocenters. The highest BCUT2D eigenvalue weighted by Crippen LogP contribution is 2.07. The monoisotopic (exact) mass is 278 g/mol. The first-order chi connectivity index (χ1) is 9.78. The zero-order valence-corrected chi connectivity index (χ0v) is 11.6. The van der Waals surface area contributed by atoms with E-state index in [0.29, 0.717) is 19.5 Å². The molecule has 1 fully saturated rings. The van der Waals surface area contributed by atoms with Crippen LogP contribution < -0.4 is 5.32 Å². The smallest absolute Gasteiger partial charge is 0.207 e. The van der Waals surface area contributed by atoms with Gasteiger partial charge < -0.3 is 10.4 Å². The number of amides is 1. The van der Waals surface area contributed by atoms with Gasteiger partial charge in [0, 0.05) is 58.2 Å². The second kappa shape index (κ2) is 7.94. The lowest BCUT2D eigenvalue weighted by Crippen LogP contribution is -2.49. The van der Waals surface area contributed by atoms with Crippen molar-refractivity contribution in [3.8, 4) is 0 Å². The molecule has 1 amide bonds. The van der Waals surface area contributed by atoms with Gasteiger partial charge in [-0.15, -0.1) is 0 Å². The van der Waals surface area contributed by atoms with Crippen LogP contribution in [-0.4, -0.2) is 71.7 Å². The molecule has 20 heavy (non-hydrogen) atoms. The molecule has 0 aliphatic carbocycles. The van der Waals surface area contributed by atoms with Crippen molar-refractivity contribution in [2.45, 2.75) is 12.6 Å². The summed E-state index contributed by atoms with van der Waals surface area (Å²) in [6.45, 7) is 5.72. The van der Waals surface area contributed by atoms with Crippen LogP contribution in [0.3, 0.4) is 0 Å². The predicted molar refractivity (Wildman–Crippen MR) is 76.0 cm³/mol. The van der Waals surface area contributed by atoms with Crippen LogP contribution in [0.1, 0.15) is 5.56 Å². The van der Waals surface area contributed by atoms with Crippen molar-refractivity contribution in [1.29, 1.82) is 0 Å². The third kappa shape index (κ3) is 4.88. The maximum atomic E-state index is 10.2. The number of aliphatic hydroxyl groups is 1. The minimum absolute atomic E-state index is 0.319. The number of rotatable bonds is 7. The van der Waals surface area contributed by atoms with Crippen LogP contribution in [0.2, 0.25) is 0 Å². The van der Waals surface area contributed by atoms with Crippen LogP contribution in [-0.2, 0) is 11.3 Å². The predicted octanol–water partition coefficient (Wildman–Crippen LogP) is -0.694. The summed E-state index contributed by atoms with van der Waals surface area (Å²) in [4.78, 5) is 18.9. The Balaban J connectivity index is 1.68. The lowest BCUT2D eigenvalue weighted by molar-refractivity contribution is -0.110. The zero-order chi connectivity index (χ0) is 14.2. The Bertz CT molecular complexity index is 393. The average Bonchev–Trinajstić information content (AvgIpc) is 2.48. The van der Waals surface area contributed by atoms with Gasteiger partial charge in [-0.3, -0.25) is 19.6 Å². The van der Waals surface area contributed by atoms with E-state index in [2.05, 4.69) is 26.2 Å². The van der Waals surface area contributed by atoms with Crippen molar-refractivity contribution in [3.63, 3.8) is 0 Å². The molecule has 6 heteroatoms. The number of hydrogen-bond donors (Lipinski definition) is 2. The Morgan fingerprint density at radius 3 is 2.75 bits per heavy atom. The quantitative estimate of drug-likeness (QED) is 0.646. The van der Waals surface area contributed by atoms with E-state index < -0.39 is 6.10 Å². The second-order valence-electron chi connectivity index (χ2n) is 5.12. The van der Waals surface area contributed by atoms with E-state index in [1.54, 1.807) is 6.20 Å². The summed E-state index contributed by atoms with van der Waals surface area (Å²) in [6, 6.07) is 4.05. The van der Waals surface area contributed by atoms with E-state index in [4.69, 9.17) is 0 Å². The Hall–Kier alpha value is -1.50. The SMILES string of the molecule is O=CNCC(O)CN1CCN(Cc2cccnc2)CC1. The maximum absolute atomic E-state index is 10.2.